The zero-order chi connectivity index (χ0) is 15.1. The normalized spacial score (nSPS) is 10.4. The molecule has 21 heavy (non-hydrogen) atoms. The van der Waals surface area contributed by atoms with Crippen LogP contribution in [0, 0.1) is 0 Å². The van der Waals surface area contributed by atoms with Crippen molar-refractivity contribution in [3.05, 3.63) is 45.9 Å². The predicted octanol–water partition coefficient (Wildman–Crippen LogP) is 1.97. The lowest BCUT2D eigenvalue weighted by atomic mass is 10.2. The first-order valence-corrected chi connectivity index (χ1v) is 7.76. The average molecular weight is 305 g/mol. The molecular formula is C15H19N3O2S. The number of thiazole rings is 1. The third-order valence-corrected chi connectivity index (χ3v) is 3.76. The minimum Gasteiger partial charge on any atom is -0.494 e. The highest BCUT2D eigenvalue weighted by Gasteiger charge is 2.11. The third kappa shape index (κ3) is 4.27. The van der Waals surface area contributed by atoms with Crippen LogP contribution in [0.15, 0.2) is 29.6 Å². The average Bonchev–Trinajstić information content (AvgIpc) is 2.95. The van der Waals surface area contributed by atoms with Gasteiger partial charge in [0.15, 0.2) is 0 Å². The number of rotatable bonds is 7. The number of ether oxygens (including phenoxy) is 1. The lowest BCUT2D eigenvalue weighted by molar-refractivity contribution is 0.0946. The third-order valence-electron chi connectivity index (χ3n) is 2.85. The van der Waals surface area contributed by atoms with Crippen molar-refractivity contribution in [2.45, 2.75) is 19.9 Å². The number of hydrogen-bond donors (Lipinski definition) is 2. The Morgan fingerprint density at radius 1 is 1.43 bits per heavy atom. The van der Waals surface area contributed by atoms with Gasteiger partial charge in [-0.25, -0.2) is 4.98 Å². The Balaban J connectivity index is 1.97. The summed E-state index contributed by atoms with van der Waals surface area (Å²) in [5.74, 6) is 0.614. The van der Waals surface area contributed by atoms with Crippen molar-refractivity contribution < 1.29 is 9.53 Å². The van der Waals surface area contributed by atoms with Crippen LogP contribution >= 0.6 is 11.3 Å². The van der Waals surface area contributed by atoms with E-state index in [0.29, 0.717) is 31.8 Å². The Kier molecular flexibility index (Phi) is 5.71. The second-order valence-electron chi connectivity index (χ2n) is 4.39. The number of aromatic nitrogens is 1. The summed E-state index contributed by atoms with van der Waals surface area (Å²) in [6, 6.07) is 7.67. The van der Waals surface area contributed by atoms with E-state index in [1.54, 1.807) is 5.38 Å². The summed E-state index contributed by atoms with van der Waals surface area (Å²) in [7, 11) is 0. The fourth-order valence-corrected chi connectivity index (χ4v) is 2.66. The van der Waals surface area contributed by atoms with Gasteiger partial charge in [-0.05, 0) is 19.5 Å². The van der Waals surface area contributed by atoms with Crippen LogP contribution < -0.4 is 15.8 Å². The molecule has 6 heteroatoms. The fraction of sp³-hybridized carbons (Fsp3) is 0.333. The molecule has 0 radical (unpaired) electrons. The van der Waals surface area contributed by atoms with Crippen molar-refractivity contribution >= 4 is 17.2 Å². The number of carbonyl (C=O) groups excluding carboxylic acids is 1. The molecule has 0 aliphatic rings. The summed E-state index contributed by atoms with van der Waals surface area (Å²) in [5.41, 5.74) is 6.87. The first kappa shape index (κ1) is 15.5. The number of nitrogens with one attached hydrogen (secondary N) is 1. The van der Waals surface area contributed by atoms with Crippen LogP contribution in [0.4, 0.5) is 0 Å². The van der Waals surface area contributed by atoms with Gasteiger partial charge in [-0.15, -0.1) is 11.3 Å². The minimum absolute atomic E-state index is 0.180. The van der Waals surface area contributed by atoms with E-state index in [1.807, 2.05) is 31.2 Å². The van der Waals surface area contributed by atoms with E-state index in [-0.39, 0.29) is 5.91 Å². The van der Waals surface area contributed by atoms with Crippen LogP contribution in [0.2, 0.25) is 0 Å². The Morgan fingerprint density at radius 3 is 3.00 bits per heavy atom. The molecule has 0 saturated heterocycles. The van der Waals surface area contributed by atoms with Crippen molar-refractivity contribution in [1.82, 2.24) is 10.3 Å². The zero-order valence-electron chi connectivity index (χ0n) is 12.0. The van der Waals surface area contributed by atoms with Gasteiger partial charge in [0.1, 0.15) is 11.4 Å². The molecule has 112 valence electrons. The van der Waals surface area contributed by atoms with E-state index in [0.717, 1.165) is 16.3 Å². The van der Waals surface area contributed by atoms with E-state index in [9.17, 15) is 4.79 Å². The van der Waals surface area contributed by atoms with E-state index in [2.05, 4.69) is 10.3 Å². The number of hydrogen-bond acceptors (Lipinski definition) is 5. The molecule has 0 bridgehead atoms. The molecule has 1 aromatic heterocycles. The van der Waals surface area contributed by atoms with Crippen LogP contribution in [0.1, 0.15) is 28.0 Å². The van der Waals surface area contributed by atoms with Crippen LogP contribution in [0.3, 0.4) is 0 Å². The van der Waals surface area contributed by atoms with E-state index in [1.165, 1.54) is 11.3 Å². The SMILES string of the molecule is CCOc1ccccc1CNC(=O)c1csc(CCN)n1. The van der Waals surface area contributed by atoms with Gasteiger partial charge in [0.2, 0.25) is 0 Å². The van der Waals surface area contributed by atoms with E-state index in [4.69, 9.17) is 10.5 Å². The molecule has 0 atom stereocenters. The molecule has 0 unspecified atom stereocenters. The highest BCUT2D eigenvalue weighted by molar-refractivity contribution is 7.09. The highest BCUT2D eigenvalue weighted by atomic mass is 32.1. The molecule has 0 aliphatic heterocycles. The van der Waals surface area contributed by atoms with Gasteiger partial charge in [-0.3, -0.25) is 4.79 Å². The lowest BCUT2D eigenvalue weighted by Crippen LogP contribution is -2.23. The largest absolute Gasteiger partial charge is 0.494 e. The molecule has 0 spiro atoms. The number of benzene rings is 1. The Bertz CT molecular complexity index is 598. The lowest BCUT2D eigenvalue weighted by Gasteiger charge is -2.10. The summed E-state index contributed by atoms with van der Waals surface area (Å²) >= 11 is 1.46. The molecular weight excluding hydrogens is 286 g/mol. The Morgan fingerprint density at radius 2 is 2.24 bits per heavy atom. The van der Waals surface area contributed by atoms with Gasteiger partial charge in [0.25, 0.3) is 5.91 Å². The first-order valence-electron chi connectivity index (χ1n) is 6.88. The molecule has 5 nitrogen and oxygen atoms in total. The Labute approximate surface area is 128 Å². The van der Waals surface area contributed by atoms with Crippen LogP contribution in [0.5, 0.6) is 5.75 Å². The number of nitrogens with two attached hydrogens (primary N) is 1. The van der Waals surface area contributed by atoms with Crippen LogP contribution in [-0.4, -0.2) is 24.0 Å². The maximum atomic E-state index is 12.1. The summed E-state index contributed by atoms with van der Waals surface area (Å²) in [6.45, 7) is 3.48. The molecule has 1 aromatic carbocycles. The number of carbonyl (C=O) groups is 1. The second-order valence-corrected chi connectivity index (χ2v) is 5.33. The van der Waals surface area contributed by atoms with E-state index >= 15 is 0 Å². The second kappa shape index (κ2) is 7.75. The van der Waals surface area contributed by atoms with Gasteiger partial charge in [-0.1, -0.05) is 18.2 Å². The van der Waals surface area contributed by atoms with Crippen LogP contribution in [0.25, 0.3) is 0 Å². The topological polar surface area (TPSA) is 77.2 Å². The number of amides is 1. The van der Waals surface area contributed by atoms with Crippen LogP contribution in [-0.2, 0) is 13.0 Å². The standard InChI is InChI=1S/C15H19N3O2S/c1-2-20-13-6-4-3-5-11(13)9-17-15(19)12-10-21-14(18-12)7-8-16/h3-6,10H,2,7-9,16H2,1H3,(H,17,19). The maximum absolute atomic E-state index is 12.1. The summed E-state index contributed by atoms with van der Waals surface area (Å²) in [6.07, 6.45) is 0.700. The zero-order valence-corrected chi connectivity index (χ0v) is 12.8. The van der Waals surface area contributed by atoms with Crippen molar-refractivity contribution in [1.29, 1.82) is 0 Å². The van der Waals surface area contributed by atoms with Gasteiger partial charge < -0.3 is 15.8 Å². The number of nitrogens with zero attached hydrogens (tertiary/aromatic N) is 1. The Hall–Kier alpha value is -1.92. The van der Waals surface area contributed by atoms with Crippen molar-refractivity contribution in [2.24, 2.45) is 5.73 Å². The van der Waals surface area contributed by atoms with E-state index < -0.39 is 0 Å². The fourth-order valence-electron chi connectivity index (χ4n) is 1.87. The monoisotopic (exact) mass is 305 g/mol. The minimum atomic E-state index is -0.180. The highest BCUT2D eigenvalue weighted by Crippen LogP contribution is 2.18. The number of para-hydroxylation sites is 1. The molecule has 0 aliphatic carbocycles. The summed E-state index contributed by atoms with van der Waals surface area (Å²) in [5, 5.41) is 5.51. The molecule has 2 rings (SSSR count). The molecule has 1 heterocycles. The van der Waals surface area contributed by atoms with Gasteiger partial charge in [0.05, 0.1) is 11.6 Å². The molecule has 3 N–H and O–H groups in total. The quantitative estimate of drug-likeness (QED) is 0.820. The molecule has 0 saturated carbocycles. The summed E-state index contributed by atoms with van der Waals surface area (Å²) < 4.78 is 5.53. The molecule has 2 aromatic rings. The maximum Gasteiger partial charge on any atom is 0.271 e. The van der Waals surface area contributed by atoms with Crippen molar-refractivity contribution in [3.8, 4) is 5.75 Å². The van der Waals surface area contributed by atoms with Crippen molar-refractivity contribution in [2.75, 3.05) is 13.2 Å². The van der Waals surface area contributed by atoms with Gasteiger partial charge in [-0.2, -0.15) is 0 Å². The molecule has 0 fully saturated rings. The predicted molar refractivity (Wildman–Crippen MR) is 83.7 cm³/mol. The summed E-state index contributed by atoms with van der Waals surface area (Å²) in [4.78, 5) is 16.3. The smallest absolute Gasteiger partial charge is 0.271 e. The van der Waals surface area contributed by atoms with Gasteiger partial charge >= 0.3 is 0 Å². The first-order chi connectivity index (χ1) is 10.2. The molecule has 1 amide bonds. The van der Waals surface area contributed by atoms with Crippen molar-refractivity contribution in [3.63, 3.8) is 0 Å². The van der Waals surface area contributed by atoms with Gasteiger partial charge in [0, 0.05) is 23.9 Å².